The average Bonchev–Trinajstić information content (AvgIpc) is 2.86. The van der Waals surface area contributed by atoms with E-state index in [-0.39, 0.29) is 0 Å². The van der Waals surface area contributed by atoms with Gasteiger partial charge in [-0.3, -0.25) is 4.90 Å². The van der Waals surface area contributed by atoms with Crippen LogP contribution in [0.3, 0.4) is 0 Å². The van der Waals surface area contributed by atoms with Crippen molar-refractivity contribution in [1.29, 1.82) is 0 Å². The second-order valence-electron chi connectivity index (χ2n) is 4.70. The first-order valence-electron chi connectivity index (χ1n) is 6.47. The van der Waals surface area contributed by atoms with Crippen LogP contribution in [0.2, 0.25) is 0 Å². The maximum absolute atomic E-state index is 5.79. The van der Waals surface area contributed by atoms with Crippen LogP contribution in [0.1, 0.15) is 10.4 Å². The fourth-order valence-corrected chi connectivity index (χ4v) is 3.62. The second kappa shape index (κ2) is 6.07. The van der Waals surface area contributed by atoms with E-state index in [9.17, 15) is 0 Å². The Morgan fingerprint density at radius 2 is 2.26 bits per heavy atom. The largest absolute Gasteiger partial charge is 0.492 e. The van der Waals surface area contributed by atoms with Crippen LogP contribution in [0.15, 0.2) is 40.2 Å². The van der Waals surface area contributed by atoms with E-state index in [1.807, 2.05) is 35.6 Å². The van der Waals surface area contributed by atoms with E-state index in [2.05, 4.69) is 32.3 Å². The lowest BCUT2D eigenvalue weighted by atomic mass is 10.1. The third-order valence-corrected chi connectivity index (χ3v) is 4.88. The summed E-state index contributed by atoms with van der Waals surface area (Å²) < 4.78 is 6.85. The first kappa shape index (κ1) is 13.2. The van der Waals surface area contributed by atoms with Crippen molar-refractivity contribution in [2.75, 3.05) is 19.7 Å². The van der Waals surface area contributed by atoms with E-state index in [0.717, 1.165) is 36.5 Å². The Hall–Kier alpha value is -0.840. The molecule has 3 rings (SSSR count). The van der Waals surface area contributed by atoms with Gasteiger partial charge >= 0.3 is 0 Å². The molecule has 2 aromatic rings. The molecule has 0 fully saturated rings. The Morgan fingerprint density at radius 1 is 1.32 bits per heavy atom. The summed E-state index contributed by atoms with van der Waals surface area (Å²) in [5.74, 6) is 0.933. The monoisotopic (exact) mass is 337 g/mol. The van der Waals surface area contributed by atoms with Crippen LogP contribution in [0.5, 0.6) is 5.75 Å². The molecule has 100 valence electrons. The topological polar surface area (TPSA) is 12.5 Å². The van der Waals surface area contributed by atoms with Crippen molar-refractivity contribution >= 4 is 27.3 Å². The number of rotatable bonds is 4. The van der Waals surface area contributed by atoms with Gasteiger partial charge < -0.3 is 4.74 Å². The zero-order valence-electron chi connectivity index (χ0n) is 10.6. The van der Waals surface area contributed by atoms with Gasteiger partial charge in [-0.1, -0.05) is 22.0 Å². The Morgan fingerprint density at radius 3 is 3.16 bits per heavy atom. The fraction of sp³-hybridized carbons (Fsp3) is 0.333. The van der Waals surface area contributed by atoms with Crippen molar-refractivity contribution < 1.29 is 4.74 Å². The van der Waals surface area contributed by atoms with Crippen molar-refractivity contribution in [3.63, 3.8) is 0 Å². The summed E-state index contributed by atoms with van der Waals surface area (Å²) in [6.07, 6.45) is 1.18. The number of hydrogen-bond donors (Lipinski definition) is 0. The molecule has 0 radical (unpaired) electrons. The third-order valence-electron chi connectivity index (χ3n) is 3.36. The van der Waals surface area contributed by atoms with E-state index in [1.165, 1.54) is 12.0 Å². The Bertz CT molecular complexity index is 555. The maximum atomic E-state index is 5.79. The van der Waals surface area contributed by atoms with E-state index in [4.69, 9.17) is 4.74 Å². The minimum atomic E-state index is 0.746. The molecule has 0 spiro atoms. The molecule has 0 aliphatic carbocycles. The van der Waals surface area contributed by atoms with Crippen molar-refractivity contribution in [2.24, 2.45) is 0 Å². The van der Waals surface area contributed by atoms with Crippen LogP contribution >= 0.6 is 27.3 Å². The molecule has 1 aromatic carbocycles. The molecule has 0 atom stereocenters. The molecule has 19 heavy (non-hydrogen) atoms. The quantitative estimate of drug-likeness (QED) is 0.837. The number of fused-ring (bicyclic) bond motifs is 1. The number of ether oxygens (including phenoxy) is 1. The second-order valence-corrected chi connectivity index (χ2v) is 6.62. The molecule has 1 aromatic heterocycles. The predicted molar refractivity (Wildman–Crippen MR) is 82.9 cm³/mol. The molecule has 0 N–H and O–H groups in total. The summed E-state index contributed by atoms with van der Waals surface area (Å²) >= 11 is 5.34. The van der Waals surface area contributed by atoms with Crippen LogP contribution in [0, 0.1) is 0 Å². The zero-order valence-corrected chi connectivity index (χ0v) is 13.0. The van der Waals surface area contributed by atoms with Gasteiger partial charge in [0.15, 0.2) is 0 Å². The lowest BCUT2D eigenvalue weighted by Crippen LogP contribution is -2.33. The molecule has 0 saturated heterocycles. The highest BCUT2D eigenvalue weighted by Gasteiger charge is 2.16. The van der Waals surface area contributed by atoms with Gasteiger partial charge in [0.05, 0.1) is 0 Å². The third kappa shape index (κ3) is 3.38. The van der Waals surface area contributed by atoms with Gasteiger partial charge in [-0.25, -0.2) is 0 Å². The van der Waals surface area contributed by atoms with Crippen molar-refractivity contribution in [3.8, 4) is 5.75 Å². The molecular weight excluding hydrogens is 322 g/mol. The summed E-state index contributed by atoms with van der Waals surface area (Å²) in [5.41, 5.74) is 1.50. The fourth-order valence-electron chi connectivity index (χ4n) is 2.35. The summed E-state index contributed by atoms with van der Waals surface area (Å²) in [4.78, 5) is 4.02. The van der Waals surface area contributed by atoms with Crippen LogP contribution in [-0.2, 0) is 13.0 Å². The molecule has 0 amide bonds. The van der Waals surface area contributed by atoms with E-state index < -0.39 is 0 Å². The Balaban J connectivity index is 1.49. The summed E-state index contributed by atoms with van der Waals surface area (Å²) in [6, 6.07) is 10.3. The molecule has 1 aliphatic rings. The van der Waals surface area contributed by atoms with Gasteiger partial charge in [0.1, 0.15) is 12.4 Å². The standard InChI is InChI=1S/C15H16BrNOS/c16-13-2-1-3-14(10-13)18-8-7-17-6-4-15-12(11-17)5-9-19-15/h1-3,5,9-10H,4,6-8,11H2. The normalized spacial score (nSPS) is 15.2. The van der Waals surface area contributed by atoms with Gasteiger partial charge in [-0.05, 0) is 41.6 Å². The molecule has 0 saturated carbocycles. The highest BCUT2D eigenvalue weighted by atomic mass is 79.9. The first-order chi connectivity index (χ1) is 9.31. The molecule has 1 aliphatic heterocycles. The Labute approximate surface area is 126 Å². The number of benzene rings is 1. The smallest absolute Gasteiger partial charge is 0.120 e. The molecule has 0 bridgehead atoms. The molecule has 2 nitrogen and oxygen atoms in total. The first-order valence-corrected chi connectivity index (χ1v) is 8.14. The van der Waals surface area contributed by atoms with E-state index in [1.54, 1.807) is 4.88 Å². The highest BCUT2D eigenvalue weighted by molar-refractivity contribution is 9.10. The van der Waals surface area contributed by atoms with Gasteiger partial charge in [0.2, 0.25) is 0 Å². The SMILES string of the molecule is Brc1cccc(OCCN2CCc3sccc3C2)c1. The van der Waals surface area contributed by atoms with Crippen molar-refractivity contribution in [3.05, 3.63) is 50.6 Å². The molecule has 4 heteroatoms. The lowest BCUT2D eigenvalue weighted by molar-refractivity contribution is 0.197. The summed E-state index contributed by atoms with van der Waals surface area (Å²) in [7, 11) is 0. The summed E-state index contributed by atoms with van der Waals surface area (Å²) in [5, 5.41) is 2.20. The minimum Gasteiger partial charge on any atom is -0.492 e. The number of hydrogen-bond acceptors (Lipinski definition) is 3. The number of nitrogens with zero attached hydrogens (tertiary/aromatic N) is 1. The predicted octanol–water partition coefficient (Wildman–Crippen LogP) is 3.95. The number of halogens is 1. The van der Waals surface area contributed by atoms with E-state index in [0.29, 0.717) is 0 Å². The van der Waals surface area contributed by atoms with Crippen LogP contribution in [0.4, 0.5) is 0 Å². The average molecular weight is 338 g/mol. The van der Waals surface area contributed by atoms with Crippen molar-refractivity contribution in [2.45, 2.75) is 13.0 Å². The van der Waals surface area contributed by atoms with Gasteiger partial charge in [-0.2, -0.15) is 0 Å². The number of thiophene rings is 1. The van der Waals surface area contributed by atoms with Crippen molar-refractivity contribution in [1.82, 2.24) is 4.90 Å². The van der Waals surface area contributed by atoms with E-state index >= 15 is 0 Å². The van der Waals surface area contributed by atoms with Crippen LogP contribution in [-0.4, -0.2) is 24.6 Å². The van der Waals surface area contributed by atoms with Gasteiger partial charge in [0, 0.05) is 29.0 Å². The highest BCUT2D eigenvalue weighted by Crippen LogP contribution is 2.24. The minimum absolute atomic E-state index is 0.746. The molecule has 0 unspecified atom stereocenters. The van der Waals surface area contributed by atoms with Gasteiger partial charge in [0.25, 0.3) is 0 Å². The van der Waals surface area contributed by atoms with Gasteiger partial charge in [-0.15, -0.1) is 11.3 Å². The summed E-state index contributed by atoms with van der Waals surface area (Å²) in [6.45, 7) is 3.95. The van der Waals surface area contributed by atoms with Crippen LogP contribution in [0.25, 0.3) is 0 Å². The zero-order chi connectivity index (χ0) is 13.1. The maximum Gasteiger partial charge on any atom is 0.120 e. The van der Waals surface area contributed by atoms with Crippen LogP contribution < -0.4 is 4.74 Å². The lowest BCUT2D eigenvalue weighted by Gasteiger charge is -2.26. The molecular formula is C15H16BrNOS. The molecule has 2 heterocycles. The Kier molecular flexibility index (Phi) is 4.21.